The van der Waals surface area contributed by atoms with Crippen LogP contribution in [0.25, 0.3) is 21.7 Å². The second-order valence-corrected chi connectivity index (χ2v) is 6.61. The number of rotatable bonds is 6. The van der Waals surface area contributed by atoms with Gasteiger partial charge < -0.3 is 9.47 Å². The lowest BCUT2D eigenvalue weighted by Gasteiger charge is -2.07. The third-order valence-electron chi connectivity index (χ3n) is 3.74. The standard InChI is InChI=1S/C20H18F3NO2S/c1-3-25-15-9-5-13(6-10-15)17-18(27-19(24-17)20(21,22)23)14-7-11-16(12-8-14)26-4-2/h5-12H,3-4H2,1-2H3. The summed E-state index contributed by atoms with van der Waals surface area (Å²) < 4.78 is 50.5. The highest BCUT2D eigenvalue weighted by Gasteiger charge is 2.36. The SMILES string of the molecule is CCOc1ccc(-c2nc(C(F)(F)F)sc2-c2ccc(OCC)cc2)cc1. The fraction of sp³-hybridized carbons (Fsp3) is 0.250. The normalized spacial score (nSPS) is 11.4. The van der Waals surface area contributed by atoms with Gasteiger partial charge in [-0.2, -0.15) is 13.2 Å². The second kappa shape index (κ2) is 8.00. The van der Waals surface area contributed by atoms with Crippen LogP contribution in [0.15, 0.2) is 48.5 Å². The van der Waals surface area contributed by atoms with Crippen molar-refractivity contribution in [3.8, 4) is 33.2 Å². The van der Waals surface area contributed by atoms with Gasteiger partial charge in [0.25, 0.3) is 0 Å². The largest absolute Gasteiger partial charge is 0.494 e. The summed E-state index contributed by atoms with van der Waals surface area (Å²) in [5, 5.41) is -0.865. The highest BCUT2D eigenvalue weighted by molar-refractivity contribution is 7.15. The van der Waals surface area contributed by atoms with Crippen molar-refractivity contribution in [2.75, 3.05) is 13.2 Å². The first-order valence-corrected chi connectivity index (χ1v) is 9.28. The Labute approximate surface area is 159 Å². The molecule has 0 saturated heterocycles. The number of thiazole rings is 1. The summed E-state index contributed by atoms with van der Waals surface area (Å²) in [6.45, 7) is 4.78. The van der Waals surface area contributed by atoms with E-state index in [1.807, 2.05) is 13.8 Å². The van der Waals surface area contributed by atoms with Crippen LogP contribution in [0.5, 0.6) is 11.5 Å². The second-order valence-electron chi connectivity index (χ2n) is 5.61. The van der Waals surface area contributed by atoms with E-state index >= 15 is 0 Å². The number of hydrogen-bond acceptors (Lipinski definition) is 4. The number of alkyl halides is 3. The zero-order valence-corrected chi connectivity index (χ0v) is 15.7. The van der Waals surface area contributed by atoms with Crippen molar-refractivity contribution in [2.45, 2.75) is 20.0 Å². The molecule has 3 aromatic rings. The van der Waals surface area contributed by atoms with E-state index in [0.717, 1.165) is 0 Å². The van der Waals surface area contributed by atoms with Gasteiger partial charge in [-0.1, -0.05) is 0 Å². The average molecular weight is 393 g/mol. The first-order valence-electron chi connectivity index (χ1n) is 8.46. The van der Waals surface area contributed by atoms with Gasteiger partial charge in [0.1, 0.15) is 11.5 Å². The number of aromatic nitrogens is 1. The molecule has 0 bridgehead atoms. The maximum Gasteiger partial charge on any atom is 0.443 e. The first-order chi connectivity index (χ1) is 12.9. The highest BCUT2D eigenvalue weighted by atomic mass is 32.1. The summed E-state index contributed by atoms with van der Waals surface area (Å²) in [6, 6.07) is 13.9. The molecule has 0 atom stereocenters. The summed E-state index contributed by atoms with van der Waals surface area (Å²) in [4.78, 5) is 4.35. The maximum absolute atomic E-state index is 13.2. The van der Waals surface area contributed by atoms with Gasteiger partial charge in [0.2, 0.25) is 0 Å². The number of ether oxygens (including phenoxy) is 2. The quantitative estimate of drug-likeness (QED) is 0.493. The lowest BCUT2D eigenvalue weighted by atomic mass is 10.1. The Morgan fingerprint density at radius 1 is 0.815 bits per heavy atom. The van der Waals surface area contributed by atoms with Crippen LogP contribution in [0.3, 0.4) is 0 Å². The van der Waals surface area contributed by atoms with Gasteiger partial charge in [-0.05, 0) is 67.9 Å². The van der Waals surface area contributed by atoms with Crippen LogP contribution in [0.4, 0.5) is 13.2 Å². The summed E-state index contributed by atoms with van der Waals surface area (Å²) in [5.41, 5.74) is 1.57. The third-order valence-corrected chi connectivity index (χ3v) is 4.89. The van der Waals surface area contributed by atoms with Gasteiger partial charge in [-0.15, -0.1) is 11.3 Å². The molecule has 0 aliphatic rings. The van der Waals surface area contributed by atoms with Crippen LogP contribution in [0.2, 0.25) is 0 Å². The van der Waals surface area contributed by atoms with Crippen molar-refractivity contribution < 1.29 is 22.6 Å². The van der Waals surface area contributed by atoms with Crippen molar-refractivity contribution in [1.82, 2.24) is 4.98 Å². The summed E-state index contributed by atoms with van der Waals surface area (Å²) in [5.74, 6) is 1.33. The van der Waals surface area contributed by atoms with Crippen LogP contribution in [0.1, 0.15) is 18.9 Å². The fourth-order valence-electron chi connectivity index (χ4n) is 2.58. The molecule has 0 aliphatic carbocycles. The van der Waals surface area contributed by atoms with Crippen LogP contribution in [-0.4, -0.2) is 18.2 Å². The number of benzene rings is 2. The molecule has 0 amide bonds. The molecule has 0 N–H and O–H groups in total. The van der Waals surface area contributed by atoms with Gasteiger partial charge in [0.05, 0.1) is 23.8 Å². The molecular weight excluding hydrogens is 375 g/mol. The van der Waals surface area contributed by atoms with E-state index in [-0.39, 0.29) is 0 Å². The molecule has 7 heteroatoms. The molecule has 1 aromatic heterocycles. The molecule has 1 heterocycles. The van der Waals surface area contributed by atoms with Crippen LogP contribution < -0.4 is 9.47 Å². The topological polar surface area (TPSA) is 31.4 Å². The molecule has 0 radical (unpaired) electrons. The molecule has 0 spiro atoms. The van der Waals surface area contributed by atoms with Crippen LogP contribution >= 0.6 is 11.3 Å². The van der Waals surface area contributed by atoms with Crippen molar-refractivity contribution in [3.05, 3.63) is 53.5 Å². The molecule has 0 unspecified atom stereocenters. The Morgan fingerprint density at radius 3 is 1.74 bits per heavy atom. The van der Waals surface area contributed by atoms with Crippen molar-refractivity contribution in [3.63, 3.8) is 0 Å². The summed E-state index contributed by atoms with van der Waals surface area (Å²) in [7, 11) is 0. The molecule has 0 fully saturated rings. The Bertz CT molecular complexity index is 820. The van der Waals surface area contributed by atoms with Gasteiger partial charge in [0, 0.05) is 5.56 Å². The van der Waals surface area contributed by atoms with E-state index in [9.17, 15) is 13.2 Å². The van der Waals surface area contributed by atoms with E-state index in [0.29, 0.717) is 57.7 Å². The van der Waals surface area contributed by atoms with E-state index in [1.54, 1.807) is 48.5 Å². The minimum Gasteiger partial charge on any atom is -0.494 e. The number of hydrogen-bond donors (Lipinski definition) is 0. The van der Waals surface area contributed by atoms with Gasteiger partial charge in [0.15, 0.2) is 5.01 Å². The van der Waals surface area contributed by atoms with E-state index in [1.165, 1.54) is 0 Å². The predicted molar refractivity (Wildman–Crippen MR) is 100 cm³/mol. The predicted octanol–water partition coefficient (Wildman–Crippen LogP) is 6.29. The molecule has 27 heavy (non-hydrogen) atoms. The molecule has 0 aliphatic heterocycles. The fourth-order valence-corrected chi connectivity index (χ4v) is 3.54. The monoisotopic (exact) mass is 393 g/mol. The minimum atomic E-state index is -4.49. The smallest absolute Gasteiger partial charge is 0.443 e. The minimum absolute atomic E-state index is 0.305. The Balaban J connectivity index is 2.05. The van der Waals surface area contributed by atoms with E-state index in [2.05, 4.69) is 4.98 Å². The average Bonchev–Trinajstić information content (AvgIpc) is 3.09. The number of nitrogens with zero attached hydrogens (tertiary/aromatic N) is 1. The van der Waals surface area contributed by atoms with Gasteiger partial charge in [-0.25, -0.2) is 4.98 Å². The zero-order valence-electron chi connectivity index (χ0n) is 14.8. The Kier molecular flexibility index (Phi) is 5.70. The van der Waals surface area contributed by atoms with Crippen LogP contribution in [-0.2, 0) is 6.18 Å². The van der Waals surface area contributed by atoms with E-state index < -0.39 is 11.2 Å². The molecule has 2 aromatic carbocycles. The lowest BCUT2D eigenvalue weighted by molar-refractivity contribution is -0.137. The third kappa shape index (κ3) is 4.42. The summed E-state index contributed by atoms with van der Waals surface area (Å²) in [6.07, 6.45) is -4.49. The maximum atomic E-state index is 13.2. The van der Waals surface area contributed by atoms with Crippen LogP contribution in [0, 0.1) is 0 Å². The molecule has 3 nitrogen and oxygen atoms in total. The molecule has 142 valence electrons. The Hall–Kier alpha value is -2.54. The van der Waals surface area contributed by atoms with Crippen molar-refractivity contribution in [1.29, 1.82) is 0 Å². The summed E-state index contributed by atoms with van der Waals surface area (Å²) >= 11 is 0.640. The first kappa shape index (κ1) is 19.2. The zero-order chi connectivity index (χ0) is 19.4. The highest BCUT2D eigenvalue weighted by Crippen LogP contribution is 2.43. The van der Waals surface area contributed by atoms with Crippen molar-refractivity contribution in [2.24, 2.45) is 0 Å². The van der Waals surface area contributed by atoms with Gasteiger partial charge >= 0.3 is 6.18 Å². The Morgan fingerprint density at radius 2 is 1.30 bits per heavy atom. The van der Waals surface area contributed by atoms with Gasteiger partial charge in [-0.3, -0.25) is 0 Å². The van der Waals surface area contributed by atoms with E-state index in [4.69, 9.17) is 9.47 Å². The molecular formula is C20H18F3NO2S. The lowest BCUT2D eigenvalue weighted by Crippen LogP contribution is -2.03. The molecule has 3 rings (SSSR count). The number of halogens is 3. The molecule has 0 saturated carbocycles. The van der Waals surface area contributed by atoms with Crippen molar-refractivity contribution >= 4 is 11.3 Å².